The number of methoxy groups -OCH3 is 1. The van der Waals surface area contributed by atoms with Gasteiger partial charge >= 0.3 is 0 Å². The molecule has 104 valence electrons. The first kappa shape index (κ1) is 14.2. The molecule has 1 aromatic carbocycles. The highest BCUT2D eigenvalue weighted by atomic mass is 35.5. The van der Waals surface area contributed by atoms with E-state index >= 15 is 0 Å². The molecule has 1 fully saturated rings. The molecule has 2 atom stereocenters. The molecule has 0 aromatic heterocycles. The molecular formula is C14H19ClN2O2. The first-order chi connectivity index (χ1) is 9.04. The highest BCUT2D eigenvalue weighted by Crippen LogP contribution is 2.26. The predicted octanol–water partition coefficient (Wildman–Crippen LogP) is 2.17. The van der Waals surface area contributed by atoms with Gasteiger partial charge in [0.15, 0.2) is 0 Å². The zero-order valence-corrected chi connectivity index (χ0v) is 12.2. The smallest absolute Gasteiger partial charge is 0.258 e. The number of nitrogens with one attached hydrogen (secondary N) is 1. The molecule has 2 rings (SSSR count). The molecule has 2 unspecified atom stereocenters. The maximum atomic E-state index is 12.7. The van der Waals surface area contributed by atoms with Crippen LogP contribution in [-0.4, -0.2) is 43.1 Å². The third kappa shape index (κ3) is 2.85. The van der Waals surface area contributed by atoms with E-state index in [2.05, 4.69) is 5.32 Å². The van der Waals surface area contributed by atoms with Crippen molar-refractivity contribution in [3.63, 3.8) is 0 Å². The Bertz CT molecular complexity index is 469. The van der Waals surface area contributed by atoms with Gasteiger partial charge in [-0.15, -0.1) is 0 Å². The van der Waals surface area contributed by atoms with Crippen molar-refractivity contribution >= 4 is 17.5 Å². The van der Waals surface area contributed by atoms with Crippen LogP contribution in [0.5, 0.6) is 5.75 Å². The fraction of sp³-hybridized carbons (Fsp3) is 0.500. The molecule has 1 amide bonds. The van der Waals surface area contributed by atoms with Crippen molar-refractivity contribution in [2.45, 2.75) is 25.9 Å². The van der Waals surface area contributed by atoms with Crippen LogP contribution in [0.1, 0.15) is 24.2 Å². The first-order valence-electron chi connectivity index (χ1n) is 6.41. The number of hydrogen-bond donors (Lipinski definition) is 1. The number of rotatable bonds is 2. The van der Waals surface area contributed by atoms with E-state index in [0.29, 0.717) is 16.3 Å². The Kier molecular flexibility index (Phi) is 4.32. The van der Waals surface area contributed by atoms with E-state index in [0.717, 1.165) is 13.1 Å². The van der Waals surface area contributed by atoms with Crippen LogP contribution in [-0.2, 0) is 0 Å². The maximum absolute atomic E-state index is 12.7. The average molecular weight is 283 g/mol. The third-order valence-electron chi connectivity index (χ3n) is 3.46. The number of hydrogen-bond acceptors (Lipinski definition) is 3. The van der Waals surface area contributed by atoms with E-state index in [1.165, 1.54) is 0 Å². The molecule has 0 bridgehead atoms. The van der Waals surface area contributed by atoms with E-state index < -0.39 is 0 Å². The molecule has 1 saturated heterocycles. The highest BCUT2D eigenvalue weighted by molar-refractivity contribution is 6.30. The van der Waals surface area contributed by atoms with E-state index in [9.17, 15) is 4.79 Å². The molecule has 19 heavy (non-hydrogen) atoms. The Morgan fingerprint density at radius 3 is 2.58 bits per heavy atom. The van der Waals surface area contributed by atoms with Gasteiger partial charge in [0.1, 0.15) is 5.75 Å². The van der Waals surface area contributed by atoms with Gasteiger partial charge in [-0.1, -0.05) is 11.6 Å². The number of nitrogens with zero attached hydrogens (tertiary/aromatic N) is 1. The van der Waals surface area contributed by atoms with Crippen LogP contribution in [0, 0.1) is 0 Å². The second-order valence-electron chi connectivity index (χ2n) is 4.91. The van der Waals surface area contributed by atoms with Gasteiger partial charge in [-0.2, -0.15) is 0 Å². The van der Waals surface area contributed by atoms with Crippen LogP contribution in [0.2, 0.25) is 5.02 Å². The molecule has 0 spiro atoms. The van der Waals surface area contributed by atoms with Crippen molar-refractivity contribution in [2.24, 2.45) is 0 Å². The fourth-order valence-corrected chi connectivity index (χ4v) is 2.68. The minimum Gasteiger partial charge on any atom is -0.496 e. The lowest BCUT2D eigenvalue weighted by molar-refractivity contribution is 0.0541. The average Bonchev–Trinajstić information content (AvgIpc) is 2.38. The van der Waals surface area contributed by atoms with Crippen molar-refractivity contribution < 1.29 is 9.53 Å². The summed E-state index contributed by atoms with van der Waals surface area (Å²) in [5, 5.41) is 3.88. The van der Waals surface area contributed by atoms with Crippen LogP contribution in [0.3, 0.4) is 0 Å². The Labute approximate surface area is 118 Å². The standard InChI is InChI=1S/C14H19ClN2O2/c1-9-7-16-8-10(2)17(9)14(18)12-5-4-11(15)6-13(12)19-3/h4-6,9-10,16H,7-8H2,1-3H3. The minimum atomic E-state index is -0.00461. The summed E-state index contributed by atoms with van der Waals surface area (Å²) in [4.78, 5) is 14.6. The minimum absolute atomic E-state index is 0.00461. The summed E-state index contributed by atoms with van der Waals surface area (Å²) in [6.07, 6.45) is 0. The maximum Gasteiger partial charge on any atom is 0.258 e. The van der Waals surface area contributed by atoms with E-state index in [-0.39, 0.29) is 18.0 Å². The van der Waals surface area contributed by atoms with Gasteiger partial charge in [0.25, 0.3) is 5.91 Å². The lowest BCUT2D eigenvalue weighted by atomic mass is 10.1. The zero-order chi connectivity index (χ0) is 14.0. The second-order valence-corrected chi connectivity index (χ2v) is 5.35. The van der Waals surface area contributed by atoms with Crippen LogP contribution >= 0.6 is 11.6 Å². The van der Waals surface area contributed by atoms with Gasteiger partial charge in [-0.3, -0.25) is 4.79 Å². The zero-order valence-electron chi connectivity index (χ0n) is 11.4. The van der Waals surface area contributed by atoms with E-state index in [1.54, 1.807) is 25.3 Å². The van der Waals surface area contributed by atoms with Crippen molar-refractivity contribution in [3.8, 4) is 5.75 Å². The summed E-state index contributed by atoms with van der Waals surface area (Å²) in [6, 6.07) is 5.44. The van der Waals surface area contributed by atoms with Crippen LogP contribution in [0.15, 0.2) is 18.2 Å². The fourth-order valence-electron chi connectivity index (χ4n) is 2.51. The Balaban J connectivity index is 2.32. The van der Waals surface area contributed by atoms with Gasteiger partial charge in [0.05, 0.1) is 12.7 Å². The number of piperazine rings is 1. The number of carbonyl (C=O) groups is 1. The molecular weight excluding hydrogens is 264 g/mol. The van der Waals surface area contributed by atoms with Gasteiger partial charge in [-0.25, -0.2) is 0 Å². The molecule has 0 aliphatic carbocycles. The van der Waals surface area contributed by atoms with Crippen LogP contribution < -0.4 is 10.1 Å². The largest absolute Gasteiger partial charge is 0.496 e. The second kappa shape index (κ2) is 5.80. The number of carbonyl (C=O) groups excluding carboxylic acids is 1. The van der Waals surface area contributed by atoms with Gasteiger partial charge in [0, 0.05) is 30.2 Å². The monoisotopic (exact) mass is 282 g/mol. The summed E-state index contributed by atoms with van der Waals surface area (Å²) in [5.41, 5.74) is 0.562. The topological polar surface area (TPSA) is 41.6 Å². The summed E-state index contributed by atoms with van der Waals surface area (Å²) in [6.45, 7) is 5.71. The molecule has 1 heterocycles. The molecule has 1 aliphatic heterocycles. The van der Waals surface area contributed by atoms with Crippen LogP contribution in [0.4, 0.5) is 0 Å². The first-order valence-corrected chi connectivity index (χ1v) is 6.79. The SMILES string of the molecule is COc1cc(Cl)ccc1C(=O)N1C(C)CNCC1C. The molecule has 0 saturated carbocycles. The summed E-state index contributed by atoms with van der Waals surface area (Å²) >= 11 is 5.93. The number of amides is 1. The molecule has 4 nitrogen and oxygen atoms in total. The normalized spacial score (nSPS) is 23.3. The van der Waals surface area contributed by atoms with Gasteiger partial charge in [0.2, 0.25) is 0 Å². The van der Waals surface area contributed by atoms with Crippen molar-refractivity contribution in [3.05, 3.63) is 28.8 Å². The third-order valence-corrected chi connectivity index (χ3v) is 3.69. The molecule has 5 heteroatoms. The van der Waals surface area contributed by atoms with Gasteiger partial charge < -0.3 is 15.0 Å². The predicted molar refractivity (Wildman–Crippen MR) is 76.0 cm³/mol. The lowest BCUT2D eigenvalue weighted by Crippen LogP contribution is -2.57. The molecule has 1 aliphatic rings. The van der Waals surface area contributed by atoms with E-state index in [4.69, 9.17) is 16.3 Å². The molecule has 1 N–H and O–H groups in total. The number of halogens is 1. The van der Waals surface area contributed by atoms with Crippen LogP contribution in [0.25, 0.3) is 0 Å². The quantitative estimate of drug-likeness (QED) is 0.904. The number of benzene rings is 1. The summed E-state index contributed by atoms with van der Waals surface area (Å²) in [5.74, 6) is 0.519. The summed E-state index contributed by atoms with van der Waals surface area (Å²) < 4.78 is 5.26. The molecule has 1 aromatic rings. The summed E-state index contributed by atoms with van der Waals surface area (Å²) in [7, 11) is 1.55. The van der Waals surface area contributed by atoms with Crippen molar-refractivity contribution in [2.75, 3.05) is 20.2 Å². The van der Waals surface area contributed by atoms with Gasteiger partial charge in [-0.05, 0) is 32.0 Å². The number of ether oxygens (including phenoxy) is 1. The Hall–Kier alpha value is -1.26. The Morgan fingerprint density at radius 1 is 1.37 bits per heavy atom. The van der Waals surface area contributed by atoms with Crippen molar-refractivity contribution in [1.29, 1.82) is 0 Å². The van der Waals surface area contributed by atoms with E-state index in [1.807, 2.05) is 18.7 Å². The lowest BCUT2D eigenvalue weighted by Gasteiger charge is -2.39. The highest BCUT2D eigenvalue weighted by Gasteiger charge is 2.30. The van der Waals surface area contributed by atoms with Crippen molar-refractivity contribution in [1.82, 2.24) is 10.2 Å². The Morgan fingerprint density at radius 2 is 2.00 bits per heavy atom. The molecule has 0 radical (unpaired) electrons.